The first kappa shape index (κ1) is 34.0. The van der Waals surface area contributed by atoms with Crippen molar-refractivity contribution in [1.29, 1.82) is 0 Å². The van der Waals surface area contributed by atoms with Crippen LogP contribution in [0.5, 0.6) is 11.5 Å². The Morgan fingerprint density at radius 1 is 0.923 bits per heavy atom. The summed E-state index contributed by atoms with van der Waals surface area (Å²) < 4.78 is 18.8. The highest BCUT2D eigenvalue weighted by Crippen LogP contribution is 2.59. The largest absolute Gasteiger partial charge is 0.495 e. The Hall–Kier alpha value is -5.07. The van der Waals surface area contributed by atoms with Gasteiger partial charge in [-0.25, -0.2) is 4.79 Å². The predicted octanol–water partition coefficient (Wildman–Crippen LogP) is 9.81. The van der Waals surface area contributed by atoms with Gasteiger partial charge >= 0.3 is 5.97 Å². The van der Waals surface area contributed by atoms with E-state index in [4.69, 9.17) is 14.2 Å². The smallest absolute Gasteiger partial charge is 0.343 e. The third-order valence-electron chi connectivity index (χ3n) is 11.3. The summed E-state index contributed by atoms with van der Waals surface area (Å²) >= 11 is 0. The number of unbranched alkanes of at least 4 members (excludes halogenated alkanes) is 3. The van der Waals surface area contributed by atoms with Crippen molar-refractivity contribution in [2.75, 3.05) is 31.6 Å². The van der Waals surface area contributed by atoms with Crippen molar-refractivity contribution in [2.24, 2.45) is 0 Å². The number of methoxy groups -OCH3 is 1. The molecule has 2 atom stereocenters. The highest BCUT2D eigenvalue weighted by molar-refractivity contribution is 5.97. The molecule has 1 fully saturated rings. The molecule has 6 nitrogen and oxygen atoms in total. The zero-order chi connectivity index (χ0) is 35.8. The van der Waals surface area contributed by atoms with Gasteiger partial charge in [0.25, 0.3) is 0 Å². The van der Waals surface area contributed by atoms with Crippen molar-refractivity contribution < 1.29 is 19.0 Å². The zero-order valence-corrected chi connectivity index (χ0v) is 30.7. The number of allylic oxidation sites excluding steroid dienone is 2. The van der Waals surface area contributed by atoms with E-state index >= 15 is 0 Å². The molecule has 0 aromatic heterocycles. The molecule has 52 heavy (non-hydrogen) atoms. The summed E-state index contributed by atoms with van der Waals surface area (Å²) in [5.41, 5.74) is 12.4. The van der Waals surface area contributed by atoms with Crippen molar-refractivity contribution in [3.05, 3.63) is 153 Å². The van der Waals surface area contributed by atoms with E-state index in [1.165, 1.54) is 58.2 Å². The standard InChI is InChI=1S/C46H48N2O4/c1-5-6-7-9-15-30-21-22-33(40(26-30)52-45(49)31-16-10-8-11-17-31)38-29-48(24-23-47-38)39-27-35-36(28-41(39)50-4)44-34(19-14-25-51-44)43-42(35)32-18-12-13-20-37(32)46(43,2)3/h8,10-14,16-22,25-28,38,44,47H,5-7,9,15,23-24,29H2,1-4H3. The van der Waals surface area contributed by atoms with Gasteiger partial charge in [0.15, 0.2) is 0 Å². The lowest BCUT2D eigenvalue weighted by Gasteiger charge is -2.39. The summed E-state index contributed by atoms with van der Waals surface area (Å²) in [5.74, 6) is 1.11. The van der Waals surface area contributed by atoms with E-state index in [1.54, 1.807) is 25.5 Å². The Kier molecular flexibility index (Phi) is 9.27. The van der Waals surface area contributed by atoms with Crippen LogP contribution in [0.15, 0.2) is 114 Å². The van der Waals surface area contributed by atoms with Gasteiger partial charge in [-0.05, 0) is 82.6 Å². The zero-order valence-electron chi connectivity index (χ0n) is 30.7. The van der Waals surface area contributed by atoms with E-state index < -0.39 is 0 Å². The lowest BCUT2D eigenvalue weighted by Crippen LogP contribution is -2.46. The second-order valence-electron chi connectivity index (χ2n) is 14.9. The Morgan fingerprint density at radius 3 is 2.58 bits per heavy atom. The van der Waals surface area contributed by atoms with Crippen LogP contribution in [-0.2, 0) is 16.6 Å². The van der Waals surface area contributed by atoms with Gasteiger partial charge in [0.05, 0.1) is 30.7 Å². The summed E-state index contributed by atoms with van der Waals surface area (Å²) in [6.07, 6.45) is 11.5. The molecular formula is C46H48N2O4. The summed E-state index contributed by atoms with van der Waals surface area (Å²) in [6.45, 7) is 9.15. The number of rotatable bonds is 10. The Labute approximate surface area is 307 Å². The second kappa shape index (κ2) is 14.2. The van der Waals surface area contributed by atoms with E-state index in [0.717, 1.165) is 48.5 Å². The highest BCUT2D eigenvalue weighted by Gasteiger charge is 2.46. The first-order chi connectivity index (χ1) is 25.4. The van der Waals surface area contributed by atoms with Gasteiger partial charge in [-0.1, -0.05) is 101 Å². The van der Waals surface area contributed by atoms with E-state index in [0.29, 0.717) is 17.9 Å². The molecule has 0 radical (unpaired) electrons. The van der Waals surface area contributed by atoms with Crippen molar-refractivity contribution in [3.63, 3.8) is 0 Å². The lowest BCUT2D eigenvalue weighted by atomic mass is 9.72. The molecule has 0 spiro atoms. The molecule has 4 aliphatic rings. The molecule has 4 aromatic rings. The number of carbonyl (C=O) groups excluding carboxylic acids is 1. The van der Waals surface area contributed by atoms with Crippen LogP contribution in [0.4, 0.5) is 5.69 Å². The molecule has 1 N–H and O–H groups in total. The van der Waals surface area contributed by atoms with Gasteiger partial charge in [-0.15, -0.1) is 0 Å². The molecule has 8 rings (SSSR count). The quantitative estimate of drug-likeness (QED) is 0.101. The fourth-order valence-corrected chi connectivity index (χ4v) is 8.70. The van der Waals surface area contributed by atoms with Crippen molar-refractivity contribution >= 4 is 17.2 Å². The Bertz CT molecular complexity index is 2090. The Morgan fingerprint density at radius 2 is 1.75 bits per heavy atom. The van der Waals surface area contributed by atoms with Crippen molar-refractivity contribution in [1.82, 2.24) is 5.32 Å². The highest BCUT2D eigenvalue weighted by atomic mass is 16.5. The predicted molar refractivity (Wildman–Crippen MR) is 208 cm³/mol. The fraction of sp³-hybridized carbons (Fsp3) is 0.326. The van der Waals surface area contributed by atoms with Crippen molar-refractivity contribution in [3.8, 4) is 11.5 Å². The first-order valence-corrected chi connectivity index (χ1v) is 18.9. The maximum Gasteiger partial charge on any atom is 0.343 e. The molecule has 266 valence electrons. The van der Waals surface area contributed by atoms with Crippen LogP contribution in [0.2, 0.25) is 0 Å². The van der Waals surface area contributed by atoms with Gasteiger partial charge in [-0.3, -0.25) is 0 Å². The molecule has 2 aliphatic carbocycles. The maximum absolute atomic E-state index is 13.4. The number of nitrogens with zero attached hydrogens (tertiary/aromatic N) is 1. The molecule has 1 saturated heterocycles. The number of hydrogen-bond acceptors (Lipinski definition) is 6. The van der Waals surface area contributed by atoms with Crippen LogP contribution in [0.3, 0.4) is 0 Å². The monoisotopic (exact) mass is 692 g/mol. The minimum Gasteiger partial charge on any atom is -0.495 e. The van der Waals surface area contributed by atoms with E-state index in [2.05, 4.69) is 91.7 Å². The average molecular weight is 693 g/mol. The van der Waals surface area contributed by atoms with Crippen LogP contribution in [-0.4, -0.2) is 32.7 Å². The summed E-state index contributed by atoms with van der Waals surface area (Å²) in [4.78, 5) is 15.8. The van der Waals surface area contributed by atoms with E-state index in [1.807, 2.05) is 24.3 Å². The summed E-state index contributed by atoms with van der Waals surface area (Å²) in [5, 5.41) is 3.75. The van der Waals surface area contributed by atoms with Crippen molar-refractivity contribution in [2.45, 2.75) is 70.4 Å². The molecule has 0 saturated carbocycles. The number of ether oxygens (including phenoxy) is 3. The minimum atomic E-state index is -0.342. The third kappa shape index (κ3) is 6.03. The number of hydrogen-bond donors (Lipinski definition) is 1. The molecule has 0 bridgehead atoms. The number of piperazine rings is 1. The first-order valence-electron chi connectivity index (χ1n) is 18.9. The Balaban J connectivity index is 1.16. The molecule has 0 amide bonds. The molecule has 2 heterocycles. The molecule has 4 aromatic carbocycles. The van der Waals surface area contributed by atoms with Gasteiger partial charge in [0.1, 0.15) is 17.6 Å². The fourth-order valence-electron chi connectivity index (χ4n) is 8.70. The van der Waals surface area contributed by atoms with E-state index in [-0.39, 0.29) is 23.5 Å². The van der Waals surface area contributed by atoms with Crippen LogP contribution in [0, 0.1) is 0 Å². The van der Waals surface area contributed by atoms with Gasteiger partial charge in [0, 0.05) is 41.7 Å². The molecule has 6 heteroatoms. The van der Waals surface area contributed by atoms with Crippen LogP contribution < -0.4 is 19.7 Å². The third-order valence-corrected chi connectivity index (χ3v) is 11.3. The minimum absolute atomic E-state index is 0.0653. The molecular weight excluding hydrogens is 645 g/mol. The SMILES string of the molecule is CCCCCCc1ccc(C2CN(c3cc4c(cc3OC)C3OC=CC=C3C3=C4c4ccccc4C3(C)C)CCN2)c(OC(=O)c2ccccc2)c1. The number of benzene rings is 4. The normalized spacial score (nSPS) is 19.5. The lowest BCUT2D eigenvalue weighted by molar-refractivity contribution is 0.0732. The van der Waals surface area contributed by atoms with Gasteiger partial charge < -0.3 is 24.4 Å². The number of esters is 1. The maximum atomic E-state index is 13.4. The summed E-state index contributed by atoms with van der Waals surface area (Å²) in [7, 11) is 1.76. The van der Waals surface area contributed by atoms with Gasteiger partial charge in [0.2, 0.25) is 0 Å². The van der Waals surface area contributed by atoms with E-state index in [9.17, 15) is 4.79 Å². The number of fused-ring (bicyclic) bond motifs is 7. The second-order valence-corrected chi connectivity index (χ2v) is 14.9. The number of anilines is 1. The number of aryl methyl sites for hydroxylation is 1. The number of nitrogens with one attached hydrogen (secondary N) is 1. The van der Waals surface area contributed by atoms with Crippen LogP contribution in [0.25, 0.3) is 5.57 Å². The topological polar surface area (TPSA) is 60.0 Å². The van der Waals surface area contributed by atoms with Gasteiger partial charge in [-0.2, -0.15) is 0 Å². The van der Waals surface area contributed by atoms with Crippen LogP contribution >= 0.6 is 0 Å². The summed E-state index contributed by atoms with van der Waals surface area (Å²) in [6, 6.07) is 29.0. The number of carbonyl (C=O) groups is 1. The molecule has 2 aliphatic heterocycles. The van der Waals surface area contributed by atoms with Crippen LogP contribution in [0.1, 0.15) is 102 Å². The molecule has 2 unspecified atom stereocenters. The average Bonchev–Trinajstić information content (AvgIpc) is 3.43.